The fourth-order valence-corrected chi connectivity index (χ4v) is 3.16. The van der Waals surface area contributed by atoms with Crippen LogP contribution in [-0.2, 0) is 11.3 Å². The average Bonchev–Trinajstić information content (AvgIpc) is 2.78. The zero-order valence-corrected chi connectivity index (χ0v) is 14.0. The molecule has 2 aromatic heterocycles. The number of methoxy groups -OCH3 is 1. The lowest BCUT2D eigenvalue weighted by atomic mass is 10.2. The Morgan fingerprint density at radius 1 is 1.14 bits per heavy atom. The highest BCUT2D eigenvalue weighted by molar-refractivity contribution is 5.92. The van der Waals surface area contributed by atoms with E-state index in [0.717, 1.165) is 44.2 Å². The summed E-state index contributed by atoms with van der Waals surface area (Å²) in [6.07, 6.45) is 1.69. The van der Waals surface area contributed by atoms with Gasteiger partial charge >= 0.3 is 0 Å². The number of hydrogen-bond acceptors (Lipinski definition) is 5. The molecule has 3 heterocycles. The van der Waals surface area contributed by atoms with Gasteiger partial charge in [0.1, 0.15) is 17.8 Å². The standard InChI is InChI=1S/C16H25N5O/c1-12-13(2)21(9-10-22-4)16-14(12)15(17-11-18-16)20-7-5-19(3)6-8-20/h11H,5-10H2,1-4H3. The Hall–Kier alpha value is -1.66. The summed E-state index contributed by atoms with van der Waals surface area (Å²) in [4.78, 5) is 13.9. The van der Waals surface area contributed by atoms with Crippen molar-refractivity contribution in [3.05, 3.63) is 17.6 Å². The molecule has 0 radical (unpaired) electrons. The van der Waals surface area contributed by atoms with Crippen LogP contribution in [0.25, 0.3) is 11.0 Å². The summed E-state index contributed by atoms with van der Waals surface area (Å²) < 4.78 is 7.48. The lowest BCUT2D eigenvalue weighted by molar-refractivity contribution is 0.187. The van der Waals surface area contributed by atoms with Crippen molar-refractivity contribution in [1.29, 1.82) is 0 Å². The maximum absolute atomic E-state index is 5.24. The number of anilines is 1. The van der Waals surface area contributed by atoms with E-state index >= 15 is 0 Å². The van der Waals surface area contributed by atoms with Crippen LogP contribution in [0.15, 0.2) is 6.33 Å². The topological polar surface area (TPSA) is 46.4 Å². The van der Waals surface area contributed by atoms with Crippen molar-refractivity contribution in [2.24, 2.45) is 0 Å². The molecule has 6 nitrogen and oxygen atoms in total. The number of rotatable bonds is 4. The van der Waals surface area contributed by atoms with Crippen LogP contribution in [0.4, 0.5) is 5.82 Å². The predicted molar refractivity (Wildman–Crippen MR) is 88.6 cm³/mol. The van der Waals surface area contributed by atoms with E-state index in [1.807, 2.05) is 0 Å². The maximum Gasteiger partial charge on any atom is 0.146 e. The third-order valence-corrected chi connectivity index (χ3v) is 4.71. The van der Waals surface area contributed by atoms with Gasteiger partial charge in [-0.15, -0.1) is 0 Å². The molecule has 3 rings (SSSR count). The summed E-state index contributed by atoms with van der Waals surface area (Å²) in [5.74, 6) is 1.08. The second-order valence-corrected chi connectivity index (χ2v) is 6.04. The summed E-state index contributed by atoms with van der Waals surface area (Å²) in [5, 5.41) is 1.20. The Morgan fingerprint density at radius 3 is 2.55 bits per heavy atom. The van der Waals surface area contributed by atoms with Gasteiger partial charge in [0.2, 0.25) is 0 Å². The van der Waals surface area contributed by atoms with Gasteiger partial charge in [0.25, 0.3) is 0 Å². The molecule has 0 atom stereocenters. The molecule has 1 aliphatic heterocycles. The van der Waals surface area contributed by atoms with Gasteiger partial charge in [-0.05, 0) is 26.5 Å². The molecule has 0 aliphatic carbocycles. The van der Waals surface area contributed by atoms with Gasteiger partial charge < -0.3 is 19.1 Å². The van der Waals surface area contributed by atoms with Gasteiger partial charge in [-0.1, -0.05) is 0 Å². The van der Waals surface area contributed by atoms with Gasteiger partial charge in [0.05, 0.1) is 12.0 Å². The predicted octanol–water partition coefficient (Wildman–Crippen LogP) is 1.45. The van der Waals surface area contributed by atoms with Crippen molar-refractivity contribution in [2.75, 3.05) is 51.8 Å². The van der Waals surface area contributed by atoms with Gasteiger partial charge in [-0.3, -0.25) is 0 Å². The number of fused-ring (bicyclic) bond motifs is 1. The normalized spacial score (nSPS) is 16.6. The third kappa shape index (κ3) is 2.57. The maximum atomic E-state index is 5.24. The first-order chi connectivity index (χ1) is 10.6. The summed E-state index contributed by atoms with van der Waals surface area (Å²) >= 11 is 0. The molecule has 0 saturated carbocycles. The van der Waals surface area contributed by atoms with Crippen molar-refractivity contribution in [1.82, 2.24) is 19.4 Å². The average molecular weight is 303 g/mol. The monoisotopic (exact) mass is 303 g/mol. The van der Waals surface area contributed by atoms with Crippen LogP contribution < -0.4 is 4.90 Å². The zero-order valence-electron chi connectivity index (χ0n) is 14.0. The zero-order chi connectivity index (χ0) is 15.7. The molecule has 1 fully saturated rings. The fourth-order valence-electron chi connectivity index (χ4n) is 3.16. The SMILES string of the molecule is COCCn1c(C)c(C)c2c(N3CCN(C)CC3)ncnc21. The molecule has 120 valence electrons. The van der Waals surface area contributed by atoms with E-state index in [2.05, 4.69) is 45.2 Å². The van der Waals surface area contributed by atoms with Crippen molar-refractivity contribution >= 4 is 16.9 Å². The van der Waals surface area contributed by atoms with Gasteiger partial charge in [0.15, 0.2) is 0 Å². The number of likely N-dealkylation sites (N-methyl/N-ethyl adjacent to an activating group) is 1. The van der Waals surface area contributed by atoms with Crippen LogP contribution in [0.2, 0.25) is 0 Å². The highest BCUT2D eigenvalue weighted by atomic mass is 16.5. The molecule has 2 aromatic rings. The Bertz CT molecular complexity index is 658. The fraction of sp³-hybridized carbons (Fsp3) is 0.625. The van der Waals surface area contributed by atoms with Crippen molar-refractivity contribution in [3.8, 4) is 0 Å². The Morgan fingerprint density at radius 2 is 1.86 bits per heavy atom. The van der Waals surface area contributed by atoms with Crippen LogP contribution in [-0.4, -0.2) is 66.4 Å². The first kappa shape index (κ1) is 15.2. The van der Waals surface area contributed by atoms with Gasteiger partial charge in [0, 0.05) is 45.5 Å². The lowest BCUT2D eigenvalue weighted by Crippen LogP contribution is -2.44. The summed E-state index contributed by atoms with van der Waals surface area (Å²) in [6, 6.07) is 0. The minimum atomic E-state index is 0.692. The number of nitrogens with zero attached hydrogens (tertiary/aromatic N) is 5. The molecule has 0 N–H and O–H groups in total. The Balaban J connectivity index is 2.05. The van der Waals surface area contributed by atoms with E-state index in [-0.39, 0.29) is 0 Å². The number of piperazine rings is 1. The first-order valence-corrected chi connectivity index (χ1v) is 7.86. The molecule has 0 amide bonds. The smallest absolute Gasteiger partial charge is 0.146 e. The minimum Gasteiger partial charge on any atom is -0.383 e. The molecule has 22 heavy (non-hydrogen) atoms. The van der Waals surface area contributed by atoms with E-state index < -0.39 is 0 Å². The summed E-state index contributed by atoms with van der Waals surface area (Å²) in [6.45, 7) is 10.0. The molecule has 0 aromatic carbocycles. The number of aromatic nitrogens is 3. The molecular formula is C16H25N5O. The molecule has 0 bridgehead atoms. The van der Waals surface area contributed by atoms with Crippen LogP contribution in [0, 0.1) is 13.8 Å². The first-order valence-electron chi connectivity index (χ1n) is 7.86. The Labute approximate surface area is 131 Å². The van der Waals surface area contributed by atoms with Gasteiger partial charge in [-0.2, -0.15) is 0 Å². The quantitative estimate of drug-likeness (QED) is 0.855. The number of hydrogen-bond donors (Lipinski definition) is 0. The molecular weight excluding hydrogens is 278 g/mol. The van der Waals surface area contributed by atoms with Crippen molar-refractivity contribution < 1.29 is 4.74 Å². The van der Waals surface area contributed by atoms with E-state index in [4.69, 9.17) is 4.74 Å². The van der Waals surface area contributed by atoms with E-state index in [1.165, 1.54) is 16.6 Å². The lowest BCUT2D eigenvalue weighted by Gasteiger charge is -2.33. The second-order valence-electron chi connectivity index (χ2n) is 6.04. The molecule has 0 unspecified atom stereocenters. The molecule has 0 spiro atoms. The molecule has 1 saturated heterocycles. The summed E-state index contributed by atoms with van der Waals surface area (Å²) in [7, 11) is 3.90. The van der Waals surface area contributed by atoms with Crippen molar-refractivity contribution in [3.63, 3.8) is 0 Å². The third-order valence-electron chi connectivity index (χ3n) is 4.71. The second kappa shape index (κ2) is 6.22. The van der Waals surface area contributed by atoms with E-state index in [1.54, 1.807) is 13.4 Å². The largest absolute Gasteiger partial charge is 0.383 e. The van der Waals surface area contributed by atoms with Crippen LogP contribution in [0.3, 0.4) is 0 Å². The minimum absolute atomic E-state index is 0.692. The highest BCUT2D eigenvalue weighted by Crippen LogP contribution is 2.31. The van der Waals surface area contributed by atoms with Crippen LogP contribution in [0.1, 0.15) is 11.3 Å². The van der Waals surface area contributed by atoms with Crippen LogP contribution in [0.5, 0.6) is 0 Å². The van der Waals surface area contributed by atoms with E-state index in [0.29, 0.717) is 6.61 Å². The van der Waals surface area contributed by atoms with Crippen molar-refractivity contribution in [2.45, 2.75) is 20.4 Å². The van der Waals surface area contributed by atoms with E-state index in [9.17, 15) is 0 Å². The molecule has 6 heteroatoms. The summed E-state index contributed by atoms with van der Waals surface area (Å²) in [5.41, 5.74) is 3.56. The van der Waals surface area contributed by atoms with Crippen LogP contribution >= 0.6 is 0 Å². The Kier molecular flexibility index (Phi) is 4.31. The number of aryl methyl sites for hydroxylation is 1. The highest BCUT2D eigenvalue weighted by Gasteiger charge is 2.22. The number of ether oxygens (including phenoxy) is 1. The molecule has 1 aliphatic rings. The van der Waals surface area contributed by atoms with Gasteiger partial charge in [-0.25, -0.2) is 9.97 Å².